The van der Waals surface area contributed by atoms with Crippen LogP contribution in [-0.2, 0) is 20.8 Å². The third kappa shape index (κ3) is 11.9. The van der Waals surface area contributed by atoms with Crippen molar-refractivity contribution in [3.05, 3.63) is 29.8 Å². The molecule has 1 aromatic rings. The van der Waals surface area contributed by atoms with Crippen LogP contribution in [0.15, 0.2) is 24.3 Å². The van der Waals surface area contributed by atoms with Crippen LogP contribution in [0.5, 0.6) is 5.75 Å². The summed E-state index contributed by atoms with van der Waals surface area (Å²) in [6.45, 7) is 0. The van der Waals surface area contributed by atoms with Crippen LogP contribution >= 0.6 is 0 Å². The zero-order valence-corrected chi connectivity index (χ0v) is 15.3. The summed E-state index contributed by atoms with van der Waals surface area (Å²) in [5.41, 5.74) is 11.1. The van der Waals surface area contributed by atoms with Crippen LogP contribution in [0.25, 0.3) is 0 Å². The number of carbonyl (C=O) groups is 3. The zero-order valence-electron chi connectivity index (χ0n) is 14.3. The monoisotopic (exact) mass is 352 g/mol. The van der Waals surface area contributed by atoms with Gasteiger partial charge in [-0.25, -0.2) is 0 Å². The number of nitrogens with two attached hydrogens (primary N) is 2. The molecule has 0 heterocycles. The normalized spacial score (nSPS) is 11.9. The molecule has 0 aromatic heterocycles. The number of benzene rings is 1. The number of rotatable bonds is 7. The average Bonchev–Trinajstić information content (AvgIpc) is 2.47. The van der Waals surface area contributed by atoms with Crippen molar-refractivity contribution in [2.45, 2.75) is 31.3 Å². The molecule has 10 heteroatoms. The smallest absolute Gasteiger partial charge is 1.00 e. The van der Waals surface area contributed by atoms with E-state index < -0.39 is 30.0 Å². The van der Waals surface area contributed by atoms with Gasteiger partial charge >= 0.3 is 47.5 Å². The molecule has 0 amide bonds. The minimum absolute atomic E-state index is 0. The SMILES string of the molecule is N[C@@H](CCC(=O)O)C(=O)O.N[C@@H](Cc1ccc(O)cc1)C(=O)O.[H-].[Na+]. The van der Waals surface area contributed by atoms with Gasteiger partial charge in [-0.05, 0) is 30.5 Å². The van der Waals surface area contributed by atoms with Crippen molar-refractivity contribution in [1.29, 1.82) is 0 Å². The average molecular weight is 352 g/mol. The van der Waals surface area contributed by atoms with E-state index in [1.54, 1.807) is 12.1 Å². The van der Waals surface area contributed by atoms with Gasteiger partial charge in [0.25, 0.3) is 0 Å². The maximum atomic E-state index is 10.4. The first-order valence-corrected chi connectivity index (χ1v) is 6.60. The molecule has 9 nitrogen and oxygen atoms in total. The van der Waals surface area contributed by atoms with Gasteiger partial charge in [0.1, 0.15) is 17.8 Å². The second-order valence-electron chi connectivity index (χ2n) is 4.69. The van der Waals surface area contributed by atoms with E-state index in [0.717, 1.165) is 5.56 Å². The first-order chi connectivity index (χ1) is 10.6. The van der Waals surface area contributed by atoms with Crippen LogP contribution in [0.2, 0.25) is 0 Å². The third-order valence-electron chi connectivity index (χ3n) is 2.70. The summed E-state index contributed by atoms with van der Waals surface area (Å²) < 4.78 is 0. The Morgan fingerprint density at radius 3 is 1.79 bits per heavy atom. The van der Waals surface area contributed by atoms with Crippen LogP contribution < -0.4 is 41.0 Å². The van der Waals surface area contributed by atoms with Crippen molar-refractivity contribution in [2.75, 3.05) is 0 Å². The second kappa shape index (κ2) is 12.7. The maximum absolute atomic E-state index is 10.4. The predicted molar refractivity (Wildman–Crippen MR) is 81.0 cm³/mol. The quantitative estimate of drug-likeness (QED) is 0.274. The molecule has 1 aromatic carbocycles. The molecule has 130 valence electrons. The minimum Gasteiger partial charge on any atom is -1.00 e. The van der Waals surface area contributed by atoms with Crippen molar-refractivity contribution < 1.29 is 65.8 Å². The van der Waals surface area contributed by atoms with Gasteiger partial charge in [0.2, 0.25) is 0 Å². The van der Waals surface area contributed by atoms with Gasteiger partial charge in [0.05, 0.1) is 0 Å². The first kappa shape index (κ1) is 24.6. The molecule has 0 fully saturated rings. The van der Waals surface area contributed by atoms with Gasteiger partial charge in [-0.2, -0.15) is 0 Å². The Morgan fingerprint density at radius 2 is 1.42 bits per heavy atom. The number of hydrogen-bond acceptors (Lipinski definition) is 6. The molecule has 0 bridgehead atoms. The van der Waals surface area contributed by atoms with Crippen LogP contribution in [0.3, 0.4) is 0 Å². The Kier molecular flexibility index (Phi) is 13.1. The van der Waals surface area contributed by atoms with E-state index in [0.29, 0.717) is 0 Å². The molecule has 24 heavy (non-hydrogen) atoms. The number of aliphatic carboxylic acids is 3. The Hall–Kier alpha value is -1.65. The molecule has 0 aliphatic heterocycles. The van der Waals surface area contributed by atoms with Crippen molar-refractivity contribution in [3.63, 3.8) is 0 Å². The molecule has 0 aliphatic rings. The molecule has 0 saturated carbocycles. The molecular formula is C14H21N2NaO7. The number of aromatic hydroxyl groups is 1. The molecule has 2 atom stereocenters. The summed E-state index contributed by atoms with van der Waals surface area (Å²) in [6, 6.07) is 4.37. The summed E-state index contributed by atoms with van der Waals surface area (Å²) in [7, 11) is 0. The standard InChI is InChI=1S/C9H11NO3.C5H9NO4.Na.H/c10-8(9(12)13)5-6-1-3-7(11)4-2-6;6-3(5(9)10)1-2-4(7)8;;/h1-4,8,11H,5,10H2,(H,12,13);3H,1-2,6H2,(H,7,8)(H,9,10);;/q;;+1;-1/t8-;3-;;/m00../s1. The predicted octanol–water partition coefficient (Wildman–Crippen LogP) is -3.27. The number of phenols is 1. The second-order valence-corrected chi connectivity index (χ2v) is 4.69. The van der Waals surface area contributed by atoms with Gasteiger partial charge in [-0.15, -0.1) is 0 Å². The molecule has 0 spiro atoms. The van der Waals surface area contributed by atoms with E-state index in [1.165, 1.54) is 12.1 Å². The van der Waals surface area contributed by atoms with E-state index >= 15 is 0 Å². The fourth-order valence-electron chi connectivity index (χ4n) is 1.38. The van der Waals surface area contributed by atoms with Crippen molar-refractivity contribution in [2.24, 2.45) is 11.5 Å². The van der Waals surface area contributed by atoms with E-state index in [2.05, 4.69) is 0 Å². The molecule has 0 unspecified atom stereocenters. The number of phenolic OH excluding ortho intramolecular Hbond substituents is 1. The Balaban J connectivity index is -0.000000370. The van der Waals surface area contributed by atoms with E-state index in [-0.39, 0.29) is 56.0 Å². The molecule has 0 aliphatic carbocycles. The van der Waals surface area contributed by atoms with Crippen molar-refractivity contribution in [1.82, 2.24) is 0 Å². The summed E-state index contributed by atoms with van der Waals surface area (Å²) in [6.07, 6.45) is 0.0494. The zero-order chi connectivity index (χ0) is 18.0. The van der Waals surface area contributed by atoms with E-state index in [9.17, 15) is 14.4 Å². The molecular weight excluding hydrogens is 331 g/mol. The Bertz CT molecular complexity index is 542. The minimum atomic E-state index is -1.17. The van der Waals surface area contributed by atoms with Crippen LogP contribution in [-0.4, -0.2) is 50.4 Å². The van der Waals surface area contributed by atoms with E-state index in [1.807, 2.05) is 0 Å². The fraction of sp³-hybridized carbons (Fsp3) is 0.357. The van der Waals surface area contributed by atoms with Crippen molar-refractivity contribution in [3.8, 4) is 5.75 Å². The van der Waals surface area contributed by atoms with Gasteiger partial charge in [0, 0.05) is 6.42 Å². The maximum Gasteiger partial charge on any atom is 1.00 e. The summed E-state index contributed by atoms with van der Waals surface area (Å²) >= 11 is 0. The Labute approximate surface area is 162 Å². The van der Waals surface area contributed by atoms with E-state index in [4.69, 9.17) is 31.9 Å². The van der Waals surface area contributed by atoms with Gasteiger partial charge in [-0.3, -0.25) is 14.4 Å². The summed E-state index contributed by atoms with van der Waals surface area (Å²) in [4.78, 5) is 30.3. The Morgan fingerprint density at radius 1 is 0.958 bits per heavy atom. The molecule has 1 rings (SSSR count). The summed E-state index contributed by atoms with van der Waals surface area (Å²) in [5, 5.41) is 33.7. The van der Waals surface area contributed by atoms with Crippen LogP contribution in [0.4, 0.5) is 0 Å². The summed E-state index contributed by atoms with van der Waals surface area (Å²) in [5.74, 6) is -3.06. The fourth-order valence-corrected chi connectivity index (χ4v) is 1.38. The molecule has 8 N–H and O–H groups in total. The molecule has 0 radical (unpaired) electrons. The van der Waals surface area contributed by atoms with Crippen LogP contribution in [0.1, 0.15) is 19.8 Å². The largest absolute Gasteiger partial charge is 1.00 e. The van der Waals surface area contributed by atoms with Crippen LogP contribution in [0, 0.1) is 0 Å². The molecule has 0 saturated heterocycles. The van der Waals surface area contributed by atoms with Gasteiger partial charge in [0.15, 0.2) is 0 Å². The van der Waals surface area contributed by atoms with Gasteiger partial charge < -0.3 is 33.3 Å². The first-order valence-electron chi connectivity index (χ1n) is 6.60. The number of carboxylic acid groups (broad SMARTS) is 3. The number of hydrogen-bond donors (Lipinski definition) is 6. The van der Waals surface area contributed by atoms with Crippen molar-refractivity contribution >= 4 is 17.9 Å². The topological polar surface area (TPSA) is 184 Å². The van der Waals surface area contributed by atoms with Gasteiger partial charge in [-0.1, -0.05) is 12.1 Å². The number of carboxylic acids is 3. The third-order valence-corrected chi connectivity index (χ3v) is 2.70.